The van der Waals surface area contributed by atoms with Crippen molar-refractivity contribution in [1.82, 2.24) is 4.72 Å². The molecule has 2 rings (SSSR count). The number of nitrogens with one attached hydrogen (secondary N) is 2. The van der Waals surface area contributed by atoms with Gasteiger partial charge in [0.05, 0.1) is 0 Å². The number of rotatable bonds is 6. The van der Waals surface area contributed by atoms with Gasteiger partial charge in [-0.15, -0.1) is 0 Å². The lowest BCUT2D eigenvalue weighted by molar-refractivity contribution is -0.115. The van der Waals surface area contributed by atoms with Crippen LogP contribution in [0.1, 0.15) is 31.9 Å². The molecule has 25 heavy (non-hydrogen) atoms. The Hall–Kier alpha value is -2.32. The second kappa shape index (κ2) is 7.71. The molecule has 1 unspecified atom stereocenters. The van der Waals surface area contributed by atoms with Crippen LogP contribution in [-0.2, 0) is 14.8 Å². The van der Waals surface area contributed by atoms with Gasteiger partial charge in [-0.3, -0.25) is 4.79 Å². The molecule has 0 aromatic heterocycles. The van der Waals surface area contributed by atoms with Gasteiger partial charge < -0.3 is 5.32 Å². The van der Waals surface area contributed by atoms with Crippen LogP contribution in [0.15, 0.2) is 47.4 Å². The van der Waals surface area contributed by atoms with Crippen molar-refractivity contribution in [2.24, 2.45) is 0 Å². The molecule has 0 saturated heterocycles. The highest BCUT2D eigenvalue weighted by molar-refractivity contribution is 7.89. The fourth-order valence-electron chi connectivity index (χ4n) is 2.15. The summed E-state index contributed by atoms with van der Waals surface area (Å²) < 4.78 is 53.8. The smallest absolute Gasteiger partial charge is 0.244 e. The van der Waals surface area contributed by atoms with Crippen molar-refractivity contribution in [3.8, 4) is 0 Å². The van der Waals surface area contributed by atoms with E-state index >= 15 is 0 Å². The molecule has 0 bridgehead atoms. The molecule has 2 aromatic carbocycles. The van der Waals surface area contributed by atoms with Gasteiger partial charge in [0.2, 0.25) is 15.9 Å². The quantitative estimate of drug-likeness (QED) is 0.821. The van der Waals surface area contributed by atoms with Crippen LogP contribution in [0.4, 0.5) is 14.5 Å². The highest BCUT2D eigenvalue weighted by Crippen LogP contribution is 2.21. The van der Waals surface area contributed by atoms with E-state index in [1.165, 1.54) is 0 Å². The Balaban J connectivity index is 2.16. The van der Waals surface area contributed by atoms with E-state index in [0.717, 1.165) is 12.1 Å². The molecule has 0 fully saturated rings. The van der Waals surface area contributed by atoms with E-state index < -0.39 is 32.6 Å². The zero-order valence-corrected chi connectivity index (χ0v) is 14.5. The third-order valence-corrected chi connectivity index (χ3v) is 5.09. The van der Waals surface area contributed by atoms with Gasteiger partial charge in [0.15, 0.2) is 0 Å². The van der Waals surface area contributed by atoms with E-state index in [-0.39, 0.29) is 5.91 Å². The zero-order valence-electron chi connectivity index (χ0n) is 13.7. The Morgan fingerprint density at radius 3 is 2.36 bits per heavy atom. The number of halogens is 2. The Labute approximate surface area is 145 Å². The SMILES string of the molecule is CCC(=O)Nc1ccc(C(C)NS(=O)(=O)c2cc(F)ccc2F)cc1. The molecule has 5 nitrogen and oxygen atoms in total. The summed E-state index contributed by atoms with van der Waals surface area (Å²) >= 11 is 0. The first-order chi connectivity index (χ1) is 11.7. The van der Waals surface area contributed by atoms with Crippen molar-refractivity contribution < 1.29 is 22.0 Å². The molecule has 2 aromatic rings. The zero-order chi connectivity index (χ0) is 18.6. The molecular formula is C17H18F2N2O3S. The van der Waals surface area contributed by atoms with E-state index in [0.29, 0.717) is 23.7 Å². The van der Waals surface area contributed by atoms with Gasteiger partial charge >= 0.3 is 0 Å². The van der Waals surface area contributed by atoms with Gasteiger partial charge in [0.1, 0.15) is 16.5 Å². The second-order valence-corrected chi connectivity index (χ2v) is 7.12. The van der Waals surface area contributed by atoms with Crippen LogP contribution >= 0.6 is 0 Å². The minimum atomic E-state index is -4.23. The predicted octanol–water partition coefficient (Wildman–Crippen LogP) is 3.35. The molecule has 0 radical (unpaired) electrons. The Morgan fingerprint density at radius 2 is 1.76 bits per heavy atom. The molecule has 1 amide bonds. The average Bonchev–Trinajstić information content (AvgIpc) is 2.57. The minimum Gasteiger partial charge on any atom is -0.326 e. The minimum absolute atomic E-state index is 0.136. The van der Waals surface area contributed by atoms with E-state index in [2.05, 4.69) is 10.0 Å². The number of carbonyl (C=O) groups excluding carboxylic acids is 1. The Bertz CT molecular complexity index is 868. The van der Waals surface area contributed by atoms with Crippen LogP contribution < -0.4 is 10.0 Å². The van der Waals surface area contributed by atoms with Crippen molar-refractivity contribution in [3.05, 3.63) is 59.7 Å². The average molecular weight is 368 g/mol. The normalized spacial score (nSPS) is 12.6. The van der Waals surface area contributed by atoms with Crippen LogP contribution in [0.3, 0.4) is 0 Å². The predicted molar refractivity (Wildman–Crippen MR) is 90.5 cm³/mol. The van der Waals surface area contributed by atoms with E-state index in [1.807, 2.05) is 0 Å². The number of amides is 1. The lowest BCUT2D eigenvalue weighted by Gasteiger charge is -2.16. The van der Waals surface area contributed by atoms with Crippen LogP contribution in [0.5, 0.6) is 0 Å². The summed E-state index contributed by atoms with van der Waals surface area (Å²) in [6.07, 6.45) is 0.344. The molecule has 1 atom stereocenters. The maximum absolute atomic E-state index is 13.7. The van der Waals surface area contributed by atoms with Crippen molar-refractivity contribution in [2.75, 3.05) is 5.32 Å². The molecule has 0 heterocycles. The van der Waals surface area contributed by atoms with Crippen molar-refractivity contribution in [1.29, 1.82) is 0 Å². The van der Waals surface area contributed by atoms with Gasteiger partial charge in [0, 0.05) is 18.2 Å². The first kappa shape index (κ1) is 19.0. The molecule has 0 spiro atoms. The van der Waals surface area contributed by atoms with Crippen molar-refractivity contribution >= 4 is 21.6 Å². The molecular weight excluding hydrogens is 350 g/mol. The van der Waals surface area contributed by atoms with Crippen LogP contribution in [0, 0.1) is 11.6 Å². The Kier molecular flexibility index (Phi) is 5.86. The van der Waals surface area contributed by atoms with Crippen LogP contribution in [-0.4, -0.2) is 14.3 Å². The molecule has 0 aliphatic rings. The van der Waals surface area contributed by atoms with Crippen LogP contribution in [0.25, 0.3) is 0 Å². The second-order valence-electron chi connectivity index (χ2n) is 5.44. The summed E-state index contributed by atoms with van der Waals surface area (Å²) in [5, 5.41) is 2.68. The van der Waals surface area contributed by atoms with E-state index in [1.54, 1.807) is 38.1 Å². The van der Waals surface area contributed by atoms with E-state index in [4.69, 9.17) is 0 Å². The first-order valence-corrected chi connectivity index (χ1v) is 9.08. The highest BCUT2D eigenvalue weighted by atomic mass is 32.2. The van der Waals surface area contributed by atoms with Gasteiger partial charge in [-0.1, -0.05) is 19.1 Å². The maximum atomic E-state index is 13.7. The third-order valence-electron chi connectivity index (χ3n) is 3.53. The number of carbonyl (C=O) groups is 1. The summed E-state index contributed by atoms with van der Waals surface area (Å²) in [5.41, 5.74) is 1.19. The number of sulfonamides is 1. The maximum Gasteiger partial charge on any atom is 0.244 e. The summed E-state index contributed by atoms with van der Waals surface area (Å²) in [7, 11) is -4.23. The standard InChI is InChI=1S/C17H18F2N2O3S/c1-3-17(22)20-14-7-4-12(5-8-14)11(2)21-25(23,24)16-10-13(18)6-9-15(16)19/h4-11,21H,3H2,1-2H3,(H,20,22). The van der Waals surface area contributed by atoms with Gasteiger partial charge in [0.25, 0.3) is 0 Å². The molecule has 2 N–H and O–H groups in total. The summed E-state index contributed by atoms with van der Waals surface area (Å²) in [5.74, 6) is -2.01. The van der Waals surface area contributed by atoms with Gasteiger partial charge in [-0.25, -0.2) is 21.9 Å². The fraction of sp³-hybridized carbons (Fsp3) is 0.235. The number of hydrogen-bond donors (Lipinski definition) is 2. The molecule has 8 heteroatoms. The Morgan fingerprint density at radius 1 is 1.12 bits per heavy atom. The lowest BCUT2D eigenvalue weighted by Crippen LogP contribution is -2.27. The molecule has 134 valence electrons. The molecule has 0 aliphatic carbocycles. The summed E-state index contributed by atoms with van der Waals surface area (Å²) in [6, 6.07) is 8.12. The third kappa shape index (κ3) is 4.83. The molecule has 0 aliphatic heterocycles. The number of benzene rings is 2. The summed E-state index contributed by atoms with van der Waals surface area (Å²) in [6.45, 7) is 3.31. The number of hydrogen-bond acceptors (Lipinski definition) is 3. The van der Waals surface area contributed by atoms with Gasteiger partial charge in [-0.2, -0.15) is 0 Å². The van der Waals surface area contributed by atoms with Gasteiger partial charge in [-0.05, 0) is 42.8 Å². The largest absolute Gasteiger partial charge is 0.326 e. The molecule has 0 saturated carbocycles. The van der Waals surface area contributed by atoms with Crippen LogP contribution in [0.2, 0.25) is 0 Å². The van der Waals surface area contributed by atoms with E-state index in [9.17, 15) is 22.0 Å². The topological polar surface area (TPSA) is 75.3 Å². The fourth-order valence-corrected chi connectivity index (χ4v) is 3.47. The highest BCUT2D eigenvalue weighted by Gasteiger charge is 2.22. The number of anilines is 1. The lowest BCUT2D eigenvalue weighted by atomic mass is 10.1. The monoisotopic (exact) mass is 368 g/mol. The van der Waals surface area contributed by atoms with Crippen molar-refractivity contribution in [2.45, 2.75) is 31.2 Å². The van der Waals surface area contributed by atoms with Crippen molar-refractivity contribution in [3.63, 3.8) is 0 Å². The first-order valence-electron chi connectivity index (χ1n) is 7.60. The summed E-state index contributed by atoms with van der Waals surface area (Å²) in [4.78, 5) is 10.6.